The van der Waals surface area contributed by atoms with Crippen LogP contribution in [-0.2, 0) is 5.41 Å². The van der Waals surface area contributed by atoms with Gasteiger partial charge in [0.25, 0.3) is 0 Å². The van der Waals surface area contributed by atoms with Crippen molar-refractivity contribution in [1.82, 2.24) is 10.6 Å². The van der Waals surface area contributed by atoms with Gasteiger partial charge in [0.2, 0.25) is 0 Å². The molecule has 1 aliphatic carbocycles. The van der Waals surface area contributed by atoms with E-state index in [4.69, 9.17) is 4.74 Å². The Morgan fingerprint density at radius 2 is 2.05 bits per heavy atom. The van der Waals surface area contributed by atoms with Gasteiger partial charge in [0.1, 0.15) is 5.75 Å². The lowest BCUT2D eigenvalue weighted by molar-refractivity contribution is 0.243. The molecule has 1 aromatic rings. The summed E-state index contributed by atoms with van der Waals surface area (Å²) >= 11 is 0. The monoisotopic (exact) mass is 273 g/mol. The molecule has 0 saturated heterocycles. The minimum atomic E-state index is 0.272. The van der Waals surface area contributed by atoms with Gasteiger partial charge in [0.05, 0.1) is 7.11 Å². The zero-order chi connectivity index (χ0) is 13.8. The topological polar surface area (TPSA) is 45.6 Å². The van der Waals surface area contributed by atoms with Crippen molar-refractivity contribution in [2.24, 2.45) is 4.99 Å². The van der Waals surface area contributed by atoms with Crippen molar-refractivity contribution in [3.63, 3.8) is 0 Å². The van der Waals surface area contributed by atoms with E-state index in [1.807, 2.05) is 0 Å². The average Bonchev–Trinajstić information content (AvgIpc) is 2.48. The maximum Gasteiger partial charge on any atom is 0.191 e. The number of hydrogen-bond acceptors (Lipinski definition) is 4. The van der Waals surface area contributed by atoms with Gasteiger partial charge in [0.15, 0.2) is 5.96 Å². The zero-order valence-corrected chi connectivity index (χ0v) is 12.1. The summed E-state index contributed by atoms with van der Waals surface area (Å²) in [4.78, 5) is 4.49. The molecule has 0 aromatic heterocycles. The lowest BCUT2D eigenvalue weighted by atomic mass is 9.64. The Hall–Kier alpha value is -1.71. The normalized spacial score (nSPS) is 20.4. The van der Waals surface area contributed by atoms with E-state index in [2.05, 4.69) is 39.9 Å². The van der Waals surface area contributed by atoms with Crippen LogP contribution >= 0.6 is 0 Å². The smallest absolute Gasteiger partial charge is 0.191 e. The highest BCUT2D eigenvalue weighted by Crippen LogP contribution is 2.43. The van der Waals surface area contributed by atoms with Gasteiger partial charge in [0, 0.05) is 25.0 Å². The van der Waals surface area contributed by atoms with E-state index in [0.29, 0.717) is 0 Å². The summed E-state index contributed by atoms with van der Waals surface area (Å²) in [6.45, 7) is 2.93. The standard InChI is InChI=1S/C16H23N3O/c1-20-14-6-4-13(5-7-14)16(8-2-9-16)12-19-15-17-10-3-11-18-15/h4-7H,2-3,8-12H2,1H3,(H2,17,18,19). The molecule has 0 radical (unpaired) electrons. The number of hydrogen-bond donors (Lipinski definition) is 2. The molecule has 1 fully saturated rings. The van der Waals surface area contributed by atoms with Crippen molar-refractivity contribution < 1.29 is 4.74 Å². The predicted molar refractivity (Wildman–Crippen MR) is 81.4 cm³/mol. The molecule has 1 saturated carbocycles. The first kappa shape index (κ1) is 13.3. The molecular formula is C16H23N3O. The Balaban J connectivity index is 1.68. The fraction of sp³-hybridized carbons (Fsp3) is 0.562. The van der Waals surface area contributed by atoms with Crippen molar-refractivity contribution in [2.45, 2.75) is 31.1 Å². The second-order valence-electron chi connectivity index (χ2n) is 5.73. The average molecular weight is 273 g/mol. The predicted octanol–water partition coefficient (Wildman–Crippen LogP) is 2.06. The third-order valence-corrected chi connectivity index (χ3v) is 4.50. The molecule has 0 bridgehead atoms. The summed E-state index contributed by atoms with van der Waals surface area (Å²) in [7, 11) is 1.71. The second-order valence-corrected chi connectivity index (χ2v) is 5.73. The maximum absolute atomic E-state index is 5.24. The Morgan fingerprint density at radius 1 is 1.25 bits per heavy atom. The van der Waals surface area contributed by atoms with E-state index >= 15 is 0 Å². The number of guanidine groups is 1. The minimum absolute atomic E-state index is 0.272. The van der Waals surface area contributed by atoms with Crippen molar-refractivity contribution >= 4 is 5.96 Å². The molecule has 1 aromatic carbocycles. The summed E-state index contributed by atoms with van der Waals surface area (Å²) in [5.74, 6) is 1.89. The highest BCUT2D eigenvalue weighted by molar-refractivity contribution is 5.80. The highest BCUT2D eigenvalue weighted by Gasteiger charge is 2.38. The lowest BCUT2D eigenvalue weighted by Gasteiger charge is -2.43. The van der Waals surface area contributed by atoms with E-state index in [1.165, 1.54) is 24.8 Å². The van der Waals surface area contributed by atoms with Gasteiger partial charge in [-0.25, -0.2) is 0 Å². The van der Waals surface area contributed by atoms with Crippen LogP contribution < -0.4 is 15.4 Å². The van der Waals surface area contributed by atoms with Crippen LogP contribution in [0.1, 0.15) is 31.2 Å². The Kier molecular flexibility index (Phi) is 3.81. The number of nitrogens with zero attached hydrogens (tertiary/aromatic N) is 1. The fourth-order valence-electron chi connectivity index (χ4n) is 3.02. The minimum Gasteiger partial charge on any atom is -0.497 e. The van der Waals surface area contributed by atoms with E-state index in [0.717, 1.165) is 37.8 Å². The number of aliphatic imine (C=N–C) groups is 1. The van der Waals surface area contributed by atoms with Gasteiger partial charge < -0.3 is 15.4 Å². The van der Waals surface area contributed by atoms with E-state index in [1.54, 1.807) is 7.11 Å². The summed E-state index contributed by atoms with van der Waals surface area (Å²) in [6, 6.07) is 8.53. The molecular weight excluding hydrogens is 250 g/mol. The number of benzene rings is 1. The number of methoxy groups -OCH3 is 1. The summed E-state index contributed by atoms with van der Waals surface area (Å²) in [5.41, 5.74) is 1.68. The third kappa shape index (κ3) is 2.60. The molecule has 2 aliphatic rings. The number of rotatable bonds is 4. The highest BCUT2D eigenvalue weighted by atomic mass is 16.5. The van der Waals surface area contributed by atoms with Gasteiger partial charge in [-0.1, -0.05) is 18.6 Å². The Labute approximate surface area is 120 Å². The van der Waals surface area contributed by atoms with Crippen LogP contribution in [0.4, 0.5) is 0 Å². The molecule has 0 spiro atoms. The maximum atomic E-state index is 5.24. The second kappa shape index (κ2) is 5.73. The SMILES string of the molecule is COc1ccc(C2(CNC3=NCCCN3)CCC2)cc1. The van der Waals surface area contributed by atoms with Gasteiger partial charge in [-0.05, 0) is 37.0 Å². The first-order chi connectivity index (χ1) is 9.82. The van der Waals surface area contributed by atoms with Crippen LogP contribution in [0.25, 0.3) is 0 Å². The number of nitrogens with one attached hydrogen (secondary N) is 2. The Bertz CT molecular complexity index is 477. The van der Waals surface area contributed by atoms with Crippen LogP contribution in [0.15, 0.2) is 29.3 Å². The van der Waals surface area contributed by atoms with Gasteiger partial charge in [-0.15, -0.1) is 0 Å². The van der Waals surface area contributed by atoms with Crippen LogP contribution in [0.5, 0.6) is 5.75 Å². The third-order valence-electron chi connectivity index (χ3n) is 4.50. The fourth-order valence-corrected chi connectivity index (χ4v) is 3.02. The summed E-state index contributed by atoms with van der Waals surface area (Å²) in [6.07, 6.45) is 4.95. The summed E-state index contributed by atoms with van der Waals surface area (Å²) in [5, 5.41) is 6.83. The zero-order valence-electron chi connectivity index (χ0n) is 12.1. The first-order valence-electron chi connectivity index (χ1n) is 7.49. The number of ether oxygens (including phenoxy) is 1. The van der Waals surface area contributed by atoms with Crippen LogP contribution in [0, 0.1) is 0 Å². The molecule has 20 heavy (non-hydrogen) atoms. The van der Waals surface area contributed by atoms with Crippen LogP contribution in [0.2, 0.25) is 0 Å². The molecule has 2 N–H and O–H groups in total. The molecule has 0 unspecified atom stereocenters. The van der Waals surface area contributed by atoms with Crippen molar-refractivity contribution in [2.75, 3.05) is 26.7 Å². The quantitative estimate of drug-likeness (QED) is 0.882. The molecule has 108 valence electrons. The van der Waals surface area contributed by atoms with E-state index in [-0.39, 0.29) is 5.41 Å². The largest absolute Gasteiger partial charge is 0.497 e. The summed E-state index contributed by atoms with van der Waals surface area (Å²) < 4.78 is 5.24. The van der Waals surface area contributed by atoms with Gasteiger partial charge >= 0.3 is 0 Å². The Morgan fingerprint density at radius 3 is 2.60 bits per heavy atom. The molecule has 3 rings (SSSR count). The molecule has 4 nitrogen and oxygen atoms in total. The first-order valence-corrected chi connectivity index (χ1v) is 7.49. The van der Waals surface area contributed by atoms with Gasteiger partial charge in [-0.3, -0.25) is 4.99 Å². The van der Waals surface area contributed by atoms with Crippen molar-refractivity contribution in [1.29, 1.82) is 0 Å². The van der Waals surface area contributed by atoms with Gasteiger partial charge in [-0.2, -0.15) is 0 Å². The van der Waals surface area contributed by atoms with Crippen LogP contribution in [-0.4, -0.2) is 32.7 Å². The van der Waals surface area contributed by atoms with E-state index in [9.17, 15) is 0 Å². The van der Waals surface area contributed by atoms with Crippen LogP contribution in [0.3, 0.4) is 0 Å². The molecule has 1 aliphatic heterocycles. The molecule has 0 amide bonds. The van der Waals surface area contributed by atoms with Crippen molar-refractivity contribution in [3.05, 3.63) is 29.8 Å². The van der Waals surface area contributed by atoms with Crippen molar-refractivity contribution in [3.8, 4) is 5.75 Å². The van der Waals surface area contributed by atoms with E-state index < -0.39 is 0 Å². The molecule has 1 heterocycles. The molecule has 4 heteroatoms. The molecule has 0 atom stereocenters. The lowest BCUT2D eigenvalue weighted by Crippen LogP contribution is -2.50.